The fraction of sp³-hybridized carbons (Fsp3) is 0.385. The van der Waals surface area contributed by atoms with Crippen LogP contribution in [0.15, 0.2) is 53.3 Å². The second-order valence-corrected chi connectivity index (χ2v) is 9.48. The standard InChI is InChI=1S/C24H26N4O.C2HF3O2/c1-17-12-18(2)14-19(13-17)15-27-10-8-24(16-27)9-11-28-22(29)21(25-26-23(24)28)20-6-4-3-5-7-20;3-2(4,5)1(6)7/h3-7,12-14H,8-11,15-16H2,1-2H3;(H,6,7). The van der Waals surface area contributed by atoms with Crippen LogP contribution in [0.25, 0.3) is 11.3 Å². The molecule has 0 bridgehead atoms. The number of fused-ring (bicyclic) bond motifs is 2. The first-order valence-corrected chi connectivity index (χ1v) is 11.6. The maximum atomic E-state index is 13.1. The second-order valence-electron chi connectivity index (χ2n) is 9.48. The largest absolute Gasteiger partial charge is 0.490 e. The topological polar surface area (TPSA) is 88.3 Å². The molecule has 2 aliphatic heterocycles. The van der Waals surface area contributed by atoms with Crippen molar-refractivity contribution in [2.24, 2.45) is 0 Å². The summed E-state index contributed by atoms with van der Waals surface area (Å²) >= 11 is 0. The van der Waals surface area contributed by atoms with Crippen molar-refractivity contribution in [3.63, 3.8) is 0 Å². The van der Waals surface area contributed by atoms with Gasteiger partial charge in [-0.05, 0) is 38.8 Å². The van der Waals surface area contributed by atoms with Gasteiger partial charge in [-0.25, -0.2) is 4.79 Å². The molecule has 5 rings (SSSR count). The average molecular weight is 501 g/mol. The van der Waals surface area contributed by atoms with E-state index in [2.05, 4.69) is 47.1 Å². The van der Waals surface area contributed by atoms with Crippen molar-refractivity contribution < 1.29 is 23.1 Å². The van der Waals surface area contributed by atoms with E-state index in [0.717, 1.165) is 50.4 Å². The van der Waals surface area contributed by atoms with Gasteiger partial charge in [-0.2, -0.15) is 13.2 Å². The van der Waals surface area contributed by atoms with Gasteiger partial charge in [0.05, 0.1) is 0 Å². The van der Waals surface area contributed by atoms with Gasteiger partial charge in [-0.3, -0.25) is 14.3 Å². The Morgan fingerprint density at radius 3 is 2.25 bits per heavy atom. The van der Waals surface area contributed by atoms with E-state index in [1.165, 1.54) is 16.7 Å². The van der Waals surface area contributed by atoms with Crippen molar-refractivity contribution in [3.8, 4) is 11.3 Å². The van der Waals surface area contributed by atoms with Crippen LogP contribution in [-0.4, -0.2) is 50.0 Å². The number of halogens is 3. The van der Waals surface area contributed by atoms with Crippen molar-refractivity contribution >= 4 is 5.97 Å². The predicted octanol–water partition coefficient (Wildman–Crippen LogP) is 4.10. The lowest BCUT2D eigenvalue weighted by atomic mass is 9.85. The van der Waals surface area contributed by atoms with Crippen LogP contribution in [0.1, 0.15) is 35.4 Å². The fourth-order valence-corrected chi connectivity index (χ4v) is 5.13. The number of likely N-dealkylation sites (tertiary alicyclic amines) is 1. The maximum Gasteiger partial charge on any atom is 0.490 e. The van der Waals surface area contributed by atoms with E-state index in [1.807, 2.05) is 34.9 Å². The molecule has 1 aromatic heterocycles. The number of aromatic nitrogens is 3. The van der Waals surface area contributed by atoms with E-state index in [9.17, 15) is 18.0 Å². The van der Waals surface area contributed by atoms with Crippen LogP contribution in [0.4, 0.5) is 13.2 Å². The zero-order chi connectivity index (χ0) is 26.1. The van der Waals surface area contributed by atoms with Gasteiger partial charge in [0.2, 0.25) is 0 Å². The number of carboxylic acids is 1. The molecule has 36 heavy (non-hydrogen) atoms. The quantitative estimate of drug-likeness (QED) is 0.583. The molecule has 3 aromatic rings. The molecule has 190 valence electrons. The van der Waals surface area contributed by atoms with E-state index < -0.39 is 12.1 Å². The highest BCUT2D eigenvalue weighted by molar-refractivity contribution is 5.73. The second kappa shape index (κ2) is 9.85. The minimum atomic E-state index is -5.08. The number of carbonyl (C=O) groups is 1. The zero-order valence-corrected chi connectivity index (χ0v) is 20.0. The molecule has 3 heterocycles. The lowest BCUT2D eigenvalue weighted by Crippen LogP contribution is -2.33. The predicted molar refractivity (Wildman–Crippen MR) is 128 cm³/mol. The van der Waals surface area contributed by atoms with Gasteiger partial charge < -0.3 is 5.11 Å². The molecule has 1 fully saturated rings. The Bertz CT molecular complexity index is 1300. The Hall–Kier alpha value is -3.53. The van der Waals surface area contributed by atoms with E-state index in [-0.39, 0.29) is 11.0 Å². The zero-order valence-electron chi connectivity index (χ0n) is 20.0. The molecule has 1 atom stereocenters. The van der Waals surface area contributed by atoms with Crippen molar-refractivity contribution in [2.75, 3.05) is 13.1 Å². The molecule has 2 aliphatic rings. The minimum absolute atomic E-state index is 0.00849. The number of hydrogen-bond acceptors (Lipinski definition) is 5. The van der Waals surface area contributed by atoms with E-state index in [4.69, 9.17) is 9.90 Å². The SMILES string of the molecule is Cc1cc(C)cc(CN2CCC3(CCn4c3nnc(-c3ccccc3)c4=O)C2)c1.O=C(O)C(F)(F)F. The summed E-state index contributed by atoms with van der Waals surface area (Å²) in [5.41, 5.74) is 5.23. The number of nitrogens with zero attached hydrogens (tertiary/aromatic N) is 4. The maximum absolute atomic E-state index is 13.1. The van der Waals surface area contributed by atoms with Gasteiger partial charge in [-0.15, -0.1) is 10.2 Å². The number of rotatable bonds is 3. The first-order valence-electron chi connectivity index (χ1n) is 11.6. The van der Waals surface area contributed by atoms with Crippen LogP contribution in [0, 0.1) is 13.8 Å². The van der Waals surface area contributed by atoms with Crippen LogP contribution in [0.5, 0.6) is 0 Å². The van der Waals surface area contributed by atoms with Gasteiger partial charge in [0.25, 0.3) is 5.56 Å². The molecular formula is C26H27F3N4O3. The van der Waals surface area contributed by atoms with Crippen molar-refractivity contribution in [1.29, 1.82) is 0 Å². The molecular weight excluding hydrogens is 473 g/mol. The molecule has 0 radical (unpaired) electrons. The number of carboxylic acid groups (broad SMARTS) is 1. The fourth-order valence-electron chi connectivity index (χ4n) is 5.13. The summed E-state index contributed by atoms with van der Waals surface area (Å²) in [4.78, 5) is 24.5. The molecule has 1 N–H and O–H groups in total. The normalized spacial score (nSPS) is 19.1. The Morgan fingerprint density at radius 1 is 1.03 bits per heavy atom. The van der Waals surface area contributed by atoms with Crippen LogP contribution < -0.4 is 5.56 Å². The van der Waals surface area contributed by atoms with Crippen LogP contribution >= 0.6 is 0 Å². The third kappa shape index (κ3) is 5.33. The smallest absolute Gasteiger partial charge is 0.475 e. The Kier molecular flexibility index (Phi) is 6.99. The van der Waals surface area contributed by atoms with Gasteiger partial charge in [0, 0.05) is 30.6 Å². The first-order chi connectivity index (χ1) is 17.0. The van der Waals surface area contributed by atoms with Gasteiger partial charge >= 0.3 is 12.1 Å². The molecule has 1 unspecified atom stereocenters. The highest BCUT2D eigenvalue weighted by Gasteiger charge is 2.47. The third-order valence-electron chi connectivity index (χ3n) is 6.65. The van der Waals surface area contributed by atoms with E-state index >= 15 is 0 Å². The molecule has 1 saturated heterocycles. The van der Waals surface area contributed by atoms with Crippen molar-refractivity contribution in [2.45, 2.75) is 51.4 Å². The summed E-state index contributed by atoms with van der Waals surface area (Å²) in [7, 11) is 0. The summed E-state index contributed by atoms with van der Waals surface area (Å²) in [6.45, 7) is 7.97. The summed E-state index contributed by atoms with van der Waals surface area (Å²) < 4.78 is 33.6. The number of benzene rings is 2. The molecule has 7 nitrogen and oxygen atoms in total. The van der Waals surface area contributed by atoms with Crippen molar-refractivity contribution in [3.05, 3.63) is 81.4 Å². The van der Waals surface area contributed by atoms with Gasteiger partial charge in [0.15, 0.2) is 5.69 Å². The van der Waals surface area contributed by atoms with Crippen molar-refractivity contribution in [1.82, 2.24) is 19.7 Å². The molecule has 0 aliphatic carbocycles. The number of alkyl halides is 3. The van der Waals surface area contributed by atoms with Crippen LogP contribution in [-0.2, 0) is 23.3 Å². The molecule has 0 saturated carbocycles. The monoisotopic (exact) mass is 500 g/mol. The van der Waals surface area contributed by atoms with Gasteiger partial charge in [0.1, 0.15) is 5.82 Å². The third-order valence-corrected chi connectivity index (χ3v) is 6.65. The summed E-state index contributed by atoms with van der Waals surface area (Å²) in [6.07, 6.45) is -3.07. The van der Waals surface area contributed by atoms with E-state index in [1.54, 1.807) is 0 Å². The number of aryl methyl sites for hydroxylation is 2. The van der Waals surface area contributed by atoms with Crippen LogP contribution in [0.3, 0.4) is 0 Å². The number of hydrogen-bond donors (Lipinski definition) is 1. The lowest BCUT2D eigenvalue weighted by molar-refractivity contribution is -0.192. The van der Waals surface area contributed by atoms with Crippen LogP contribution in [0.2, 0.25) is 0 Å². The summed E-state index contributed by atoms with van der Waals surface area (Å²) in [6, 6.07) is 16.4. The first kappa shape index (κ1) is 25.6. The lowest BCUT2D eigenvalue weighted by Gasteiger charge is -2.23. The Morgan fingerprint density at radius 2 is 1.64 bits per heavy atom. The minimum Gasteiger partial charge on any atom is -0.475 e. The van der Waals surface area contributed by atoms with Gasteiger partial charge in [-0.1, -0.05) is 59.7 Å². The summed E-state index contributed by atoms with van der Waals surface area (Å²) in [5, 5.41) is 16.1. The summed E-state index contributed by atoms with van der Waals surface area (Å²) in [5.74, 6) is -1.88. The molecule has 1 spiro atoms. The Labute approximate surface area is 206 Å². The highest BCUT2D eigenvalue weighted by atomic mass is 19.4. The van der Waals surface area contributed by atoms with E-state index in [0.29, 0.717) is 5.69 Å². The number of aliphatic carboxylic acids is 1. The highest BCUT2D eigenvalue weighted by Crippen LogP contribution is 2.41. The molecule has 10 heteroatoms. The average Bonchev–Trinajstić information content (AvgIpc) is 3.38. The molecule has 0 amide bonds. The Balaban J connectivity index is 0.000000384. The molecule has 2 aromatic carbocycles.